The van der Waals surface area contributed by atoms with E-state index in [1.807, 2.05) is 37.3 Å². The molecular weight excluding hydrogens is 296 g/mol. The number of pyridine rings is 1. The number of benzene rings is 1. The molecule has 3 rings (SSSR count). The van der Waals surface area contributed by atoms with Crippen LogP contribution >= 0.6 is 11.6 Å². The van der Waals surface area contributed by atoms with Crippen molar-refractivity contribution in [2.45, 2.75) is 13.3 Å². The minimum absolute atomic E-state index is 0.466. The molecule has 0 unspecified atom stereocenters. The second kappa shape index (κ2) is 6.00. The van der Waals surface area contributed by atoms with E-state index in [0.717, 1.165) is 17.5 Å². The van der Waals surface area contributed by atoms with E-state index in [9.17, 15) is 5.26 Å². The van der Waals surface area contributed by atoms with Crippen LogP contribution in [0.15, 0.2) is 42.7 Å². The number of halogens is 1. The van der Waals surface area contributed by atoms with Crippen molar-refractivity contribution in [3.05, 3.63) is 70.1 Å². The predicted octanol–water partition coefficient (Wildman–Crippen LogP) is 3.82. The molecule has 0 bridgehead atoms. The third-order valence-corrected chi connectivity index (χ3v) is 3.91. The molecule has 4 nitrogen and oxygen atoms in total. The second-order valence-electron chi connectivity index (χ2n) is 4.90. The molecule has 3 aromatic rings. The molecule has 0 N–H and O–H groups in total. The summed E-state index contributed by atoms with van der Waals surface area (Å²) in [7, 11) is 0. The van der Waals surface area contributed by atoms with Crippen LogP contribution in [0.1, 0.15) is 22.3 Å². The Labute approximate surface area is 133 Å². The molecule has 1 aromatic carbocycles. The molecule has 0 saturated heterocycles. The summed E-state index contributed by atoms with van der Waals surface area (Å²) in [6.45, 7) is 1.88. The standard InChI is InChI=1S/C17H13ClN4/c1-12-14(9-5-8-13-6-3-2-4-7-13)16(18)22-17(15(12)10-19)20-11-21-22/h2-7,9,11H,8H2,1H3. The van der Waals surface area contributed by atoms with Gasteiger partial charge in [-0.15, -0.1) is 0 Å². The van der Waals surface area contributed by atoms with Crippen molar-refractivity contribution in [1.82, 2.24) is 14.6 Å². The van der Waals surface area contributed by atoms with Gasteiger partial charge in [0.05, 0.1) is 0 Å². The van der Waals surface area contributed by atoms with Gasteiger partial charge in [-0.1, -0.05) is 54.1 Å². The van der Waals surface area contributed by atoms with Crippen molar-refractivity contribution in [2.24, 2.45) is 0 Å². The van der Waals surface area contributed by atoms with E-state index in [4.69, 9.17) is 11.6 Å². The lowest BCUT2D eigenvalue weighted by Crippen LogP contribution is -2.00. The number of rotatable bonds is 3. The number of fused-ring (bicyclic) bond motifs is 1. The largest absolute Gasteiger partial charge is 0.214 e. The highest BCUT2D eigenvalue weighted by Gasteiger charge is 2.15. The number of hydrogen-bond acceptors (Lipinski definition) is 3. The van der Waals surface area contributed by atoms with Crippen LogP contribution in [0.5, 0.6) is 0 Å². The van der Waals surface area contributed by atoms with Gasteiger partial charge in [0.15, 0.2) is 5.65 Å². The molecule has 0 aliphatic carbocycles. The number of nitrogens with zero attached hydrogens (tertiary/aromatic N) is 4. The predicted molar refractivity (Wildman–Crippen MR) is 86.6 cm³/mol. The fourth-order valence-corrected chi connectivity index (χ4v) is 2.71. The summed E-state index contributed by atoms with van der Waals surface area (Å²) in [5, 5.41) is 13.9. The van der Waals surface area contributed by atoms with E-state index in [2.05, 4.69) is 28.3 Å². The Kier molecular flexibility index (Phi) is 3.90. The summed E-state index contributed by atoms with van der Waals surface area (Å²) in [6.07, 6.45) is 6.17. The van der Waals surface area contributed by atoms with Crippen molar-refractivity contribution < 1.29 is 0 Å². The van der Waals surface area contributed by atoms with E-state index in [-0.39, 0.29) is 0 Å². The molecule has 0 aliphatic rings. The summed E-state index contributed by atoms with van der Waals surface area (Å²) >= 11 is 6.40. The van der Waals surface area contributed by atoms with Gasteiger partial charge >= 0.3 is 0 Å². The van der Waals surface area contributed by atoms with Crippen LogP contribution in [-0.4, -0.2) is 14.6 Å². The van der Waals surface area contributed by atoms with Gasteiger partial charge in [-0.25, -0.2) is 9.50 Å². The van der Waals surface area contributed by atoms with E-state index in [0.29, 0.717) is 16.4 Å². The van der Waals surface area contributed by atoms with Gasteiger partial charge in [-0.2, -0.15) is 10.4 Å². The van der Waals surface area contributed by atoms with Crippen molar-refractivity contribution in [1.29, 1.82) is 5.26 Å². The summed E-state index contributed by atoms with van der Waals surface area (Å²) in [4.78, 5) is 4.10. The molecule has 22 heavy (non-hydrogen) atoms. The first-order chi connectivity index (χ1) is 10.7. The van der Waals surface area contributed by atoms with Gasteiger partial charge < -0.3 is 0 Å². The Morgan fingerprint density at radius 3 is 2.82 bits per heavy atom. The molecule has 0 aliphatic heterocycles. The zero-order valence-corrected chi connectivity index (χ0v) is 12.7. The smallest absolute Gasteiger partial charge is 0.175 e. The van der Waals surface area contributed by atoms with Crippen LogP contribution < -0.4 is 0 Å². The lowest BCUT2D eigenvalue weighted by Gasteiger charge is -2.08. The topological polar surface area (TPSA) is 54.0 Å². The number of allylic oxidation sites excluding steroid dienone is 1. The molecule has 5 heteroatoms. The number of aromatic nitrogens is 3. The van der Waals surface area contributed by atoms with Gasteiger partial charge in [0.2, 0.25) is 0 Å². The van der Waals surface area contributed by atoms with Crippen LogP contribution in [-0.2, 0) is 6.42 Å². The highest BCUT2D eigenvalue weighted by atomic mass is 35.5. The summed E-state index contributed by atoms with van der Waals surface area (Å²) < 4.78 is 1.50. The molecule has 0 fully saturated rings. The first-order valence-electron chi connectivity index (χ1n) is 6.84. The zero-order chi connectivity index (χ0) is 15.5. The Morgan fingerprint density at radius 1 is 1.32 bits per heavy atom. The van der Waals surface area contributed by atoms with Crippen molar-refractivity contribution in [3.8, 4) is 6.07 Å². The third-order valence-electron chi connectivity index (χ3n) is 3.55. The minimum Gasteiger partial charge on any atom is -0.214 e. The van der Waals surface area contributed by atoms with Gasteiger partial charge in [0.1, 0.15) is 23.1 Å². The summed E-state index contributed by atoms with van der Waals surface area (Å²) in [6, 6.07) is 12.3. The quantitative estimate of drug-likeness (QED) is 0.691. The van der Waals surface area contributed by atoms with Crippen molar-refractivity contribution in [2.75, 3.05) is 0 Å². The molecule has 2 heterocycles. The first-order valence-corrected chi connectivity index (χ1v) is 7.22. The van der Waals surface area contributed by atoms with Crippen LogP contribution in [0.2, 0.25) is 5.15 Å². The van der Waals surface area contributed by atoms with E-state index < -0.39 is 0 Å². The molecule has 108 valence electrons. The minimum atomic E-state index is 0.466. The lowest BCUT2D eigenvalue weighted by molar-refractivity contribution is 0.953. The van der Waals surface area contributed by atoms with Crippen LogP contribution in [0.25, 0.3) is 11.7 Å². The molecule has 0 amide bonds. The van der Waals surface area contributed by atoms with E-state index in [1.165, 1.54) is 16.4 Å². The zero-order valence-electron chi connectivity index (χ0n) is 12.0. The van der Waals surface area contributed by atoms with Crippen LogP contribution in [0.4, 0.5) is 0 Å². The van der Waals surface area contributed by atoms with Crippen LogP contribution in [0, 0.1) is 18.3 Å². The molecule has 2 aromatic heterocycles. The number of hydrogen-bond donors (Lipinski definition) is 0. The molecule has 0 radical (unpaired) electrons. The first kappa shape index (κ1) is 14.3. The Morgan fingerprint density at radius 2 is 2.09 bits per heavy atom. The van der Waals surface area contributed by atoms with Gasteiger partial charge in [-0.05, 0) is 24.5 Å². The van der Waals surface area contributed by atoms with E-state index in [1.54, 1.807) is 0 Å². The maximum absolute atomic E-state index is 9.36. The lowest BCUT2D eigenvalue weighted by atomic mass is 10.0. The van der Waals surface area contributed by atoms with Gasteiger partial charge in [-0.3, -0.25) is 0 Å². The molecular formula is C17H13ClN4. The molecule has 0 spiro atoms. The Bertz CT molecular complexity index is 888. The SMILES string of the molecule is Cc1c(C=CCc2ccccc2)c(Cl)n2ncnc2c1C#N. The maximum Gasteiger partial charge on any atom is 0.175 e. The number of nitriles is 1. The molecule has 0 saturated carbocycles. The Balaban J connectivity index is 2.02. The fraction of sp³-hybridized carbons (Fsp3) is 0.118. The van der Waals surface area contributed by atoms with E-state index >= 15 is 0 Å². The average molecular weight is 309 g/mol. The van der Waals surface area contributed by atoms with Gasteiger partial charge in [0, 0.05) is 5.56 Å². The third kappa shape index (κ3) is 2.47. The Hall–Kier alpha value is -2.64. The van der Waals surface area contributed by atoms with Crippen molar-refractivity contribution in [3.63, 3.8) is 0 Å². The second-order valence-corrected chi connectivity index (χ2v) is 5.26. The molecule has 0 atom stereocenters. The van der Waals surface area contributed by atoms with Gasteiger partial charge in [0.25, 0.3) is 0 Å². The fourth-order valence-electron chi connectivity index (χ4n) is 2.38. The van der Waals surface area contributed by atoms with Crippen molar-refractivity contribution >= 4 is 23.3 Å². The highest BCUT2D eigenvalue weighted by molar-refractivity contribution is 6.31. The summed E-state index contributed by atoms with van der Waals surface area (Å²) in [5.41, 5.74) is 3.82. The average Bonchev–Trinajstić information content (AvgIpc) is 3.02. The highest BCUT2D eigenvalue weighted by Crippen LogP contribution is 2.26. The summed E-state index contributed by atoms with van der Waals surface area (Å²) in [5.74, 6) is 0. The normalized spacial score (nSPS) is 11.1. The van der Waals surface area contributed by atoms with Crippen LogP contribution in [0.3, 0.4) is 0 Å². The monoisotopic (exact) mass is 308 g/mol. The maximum atomic E-state index is 9.36.